The fourth-order valence-corrected chi connectivity index (χ4v) is 5.99. The van der Waals surface area contributed by atoms with Crippen LogP contribution in [-0.2, 0) is 10.0 Å². The summed E-state index contributed by atoms with van der Waals surface area (Å²) < 4.78 is 7.18. The van der Waals surface area contributed by atoms with E-state index < -0.39 is 13.9 Å². The molecular formula is C24H36ClNOSi. The van der Waals surface area contributed by atoms with Crippen molar-refractivity contribution in [2.75, 3.05) is 6.54 Å². The van der Waals surface area contributed by atoms with Gasteiger partial charge in [0.1, 0.15) is 5.60 Å². The van der Waals surface area contributed by atoms with E-state index in [4.69, 9.17) is 4.43 Å². The summed E-state index contributed by atoms with van der Waals surface area (Å²) in [7, 11) is -1.84. The molecule has 1 aliphatic rings. The van der Waals surface area contributed by atoms with Crippen LogP contribution < -0.4 is 5.32 Å². The first-order valence-corrected chi connectivity index (χ1v) is 13.6. The second-order valence-corrected chi connectivity index (χ2v) is 13.8. The van der Waals surface area contributed by atoms with Gasteiger partial charge in [-0.25, -0.2) is 0 Å². The molecule has 0 radical (unpaired) electrons. The first-order chi connectivity index (χ1) is 12.6. The molecule has 4 heteroatoms. The van der Waals surface area contributed by atoms with Gasteiger partial charge in [-0.1, -0.05) is 58.7 Å². The van der Waals surface area contributed by atoms with E-state index in [1.54, 1.807) is 0 Å². The van der Waals surface area contributed by atoms with Crippen LogP contribution in [0.5, 0.6) is 0 Å². The Morgan fingerprint density at radius 1 is 0.821 bits per heavy atom. The van der Waals surface area contributed by atoms with Gasteiger partial charge in [0.15, 0.2) is 8.32 Å². The summed E-state index contributed by atoms with van der Waals surface area (Å²) in [6.07, 6.45) is 2.35. The third-order valence-corrected chi connectivity index (χ3v) is 6.25. The van der Waals surface area contributed by atoms with Crippen molar-refractivity contribution in [1.29, 1.82) is 0 Å². The Hall–Kier alpha value is -1.13. The third kappa shape index (κ3) is 4.88. The van der Waals surface area contributed by atoms with E-state index >= 15 is 0 Å². The molecule has 1 atom stereocenters. The third-order valence-electron chi connectivity index (χ3n) is 5.32. The summed E-state index contributed by atoms with van der Waals surface area (Å²) in [4.78, 5) is 0. The number of halogens is 1. The van der Waals surface area contributed by atoms with Crippen LogP contribution in [-0.4, -0.2) is 20.9 Å². The van der Waals surface area contributed by atoms with E-state index in [0.29, 0.717) is 6.04 Å². The molecule has 2 nitrogen and oxygen atoms in total. The van der Waals surface area contributed by atoms with Crippen molar-refractivity contribution >= 4 is 20.7 Å². The van der Waals surface area contributed by atoms with Gasteiger partial charge in [-0.2, -0.15) is 0 Å². The maximum absolute atomic E-state index is 7.18. The summed E-state index contributed by atoms with van der Waals surface area (Å²) >= 11 is 0. The van der Waals surface area contributed by atoms with Gasteiger partial charge in [0.2, 0.25) is 0 Å². The average molecular weight is 418 g/mol. The van der Waals surface area contributed by atoms with Crippen LogP contribution in [0.2, 0.25) is 19.6 Å². The number of rotatable bonds is 5. The molecule has 0 bridgehead atoms. The summed E-state index contributed by atoms with van der Waals surface area (Å²) in [6, 6.07) is 14.2. The van der Waals surface area contributed by atoms with Crippen LogP contribution in [0.4, 0.5) is 0 Å². The minimum atomic E-state index is -1.84. The van der Waals surface area contributed by atoms with Gasteiger partial charge in [0.25, 0.3) is 0 Å². The molecule has 154 valence electrons. The van der Waals surface area contributed by atoms with Crippen molar-refractivity contribution in [2.45, 2.75) is 71.8 Å². The normalized spacial score (nSPS) is 17.5. The second kappa shape index (κ2) is 8.70. The van der Waals surface area contributed by atoms with Crippen LogP contribution in [0.15, 0.2) is 36.4 Å². The lowest BCUT2D eigenvalue weighted by atomic mass is 9.77. The Balaban J connectivity index is 0.00000280. The fraction of sp³-hybridized carbons (Fsp3) is 0.500. The zero-order valence-corrected chi connectivity index (χ0v) is 20.3. The number of benzene rings is 2. The van der Waals surface area contributed by atoms with E-state index in [0.717, 1.165) is 13.0 Å². The summed E-state index contributed by atoms with van der Waals surface area (Å²) in [6.45, 7) is 16.8. The highest BCUT2D eigenvalue weighted by Crippen LogP contribution is 2.43. The number of aryl methyl sites for hydroxylation is 4. The Morgan fingerprint density at radius 2 is 1.25 bits per heavy atom. The van der Waals surface area contributed by atoms with E-state index in [2.05, 4.69) is 89.1 Å². The van der Waals surface area contributed by atoms with Crippen LogP contribution >= 0.6 is 12.4 Å². The molecule has 1 aliphatic heterocycles. The van der Waals surface area contributed by atoms with Gasteiger partial charge in [-0.3, -0.25) is 0 Å². The number of hydrogen-bond donors (Lipinski definition) is 1. The summed E-state index contributed by atoms with van der Waals surface area (Å²) in [5.74, 6) is 0. The van der Waals surface area contributed by atoms with Crippen molar-refractivity contribution in [2.24, 2.45) is 0 Å². The molecule has 0 aromatic heterocycles. The molecule has 0 saturated carbocycles. The van der Waals surface area contributed by atoms with Gasteiger partial charge in [0.05, 0.1) is 0 Å². The van der Waals surface area contributed by atoms with E-state index in [-0.39, 0.29) is 12.4 Å². The van der Waals surface area contributed by atoms with Gasteiger partial charge < -0.3 is 9.74 Å². The monoisotopic (exact) mass is 417 g/mol. The molecule has 0 amide bonds. The Labute approximate surface area is 178 Å². The van der Waals surface area contributed by atoms with Gasteiger partial charge >= 0.3 is 0 Å². The highest BCUT2D eigenvalue weighted by atomic mass is 35.5. The Kier molecular flexibility index (Phi) is 7.20. The van der Waals surface area contributed by atoms with Crippen molar-refractivity contribution in [3.63, 3.8) is 0 Å². The molecule has 28 heavy (non-hydrogen) atoms. The predicted octanol–water partition coefficient (Wildman–Crippen LogP) is 6.19. The lowest BCUT2D eigenvalue weighted by molar-refractivity contribution is 0.0637. The number of nitrogens with one attached hydrogen (secondary N) is 1. The first-order valence-electron chi connectivity index (χ1n) is 10.2. The summed E-state index contributed by atoms with van der Waals surface area (Å²) in [5.41, 5.74) is 7.37. The van der Waals surface area contributed by atoms with Crippen molar-refractivity contribution in [1.82, 2.24) is 5.32 Å². The van der Waals surface area contributed by atoms with Crippen LogP contribution in [0.25, 0.3) is 0 Å². The van der Waals surface area contributed by atoms with Crippen LogP contribution in [0.3, 0.4) is 0 Å². The standard InChI is InChI=1S/C24H35NOSi.ClH/c1-17-11-18(2)14-21(13-17)24(26-27(5,6)7,23-9-8-10-25-23)22-15-19(3)12-20(4)16-22;/h11-16,23,25H,8-10H2,1-7H3;1H/t23-;/m1./s1. The Morgan fingerprint density at radius 3 is 1.57 bits per heavy atom. The van der Waals surface area contributed by atoms with Crippen molar-refractivity contribution < 1.29 is 4.43 Å². The molecule has 1 N–H and O–H groups in total. The topological polar surface area (TPSA) is 21.3 Å². The van der Waals surface area contributed by atoms with Gasteiger partial charge in [-0.05, 0) is 77.8 Å². The van der Waals surface area contributed by atoms with Gasteiger partial charge in [0, 0.05) is 6.04 Å². The van der Waals surface area contributed by atoms with Crippen molar-refractivity contribution in [3.05, 3.63) is 69.8 Å². The quantitative estimate of drug-likeness (QED) is 0.585. The van der Waals surface area contributed by atoms with E-state index in [9.17, 15) is 0 Å². The zero-order valence-electron chi connectivity index (χ0n) is 18.5. The molecule has 2 aromatic carbocycles. The molecule has 0 aliphatic carbocycles. The van der Waals surface area contributed by atoms with Crippen molar-refractivity contribution in [3.8, 4) is 0 Å². The Bertz CT molecular complexity index is 730. The van der Waals surface area contributed by atoms with E-state index in [1.165, 1.54) is 39.8 Å². The fourth-order valence-electron chi connectivity index (χ4n) is 4.65. The molecule has 1 heterocycles. The maximum Gasteiger partial charge on any atom is 0.185 e. The minimum Gasteiger partial charge on any atom is -0.403 e. The predicted molar refractivity (Wildman–Crippen MR) is 125 cm³/mol. The zero-order chi connectivity index (χ0) is 19.8. The smallest absolute Gasteiger partial charge is 0.185 e. The molecule has 1 saturated heterocycles. The average Bonchev–Trinajstić information content (AvgIpc) is 3.04. The van der Waals surface area contributed by atoms with Crippen LogP contribution in [0.1, 0.15) is 46.2 Å². The second-order valence-electron chi connectivity index (χ2n) is 9.35. The summed E-state index contributed by atoms with van der Waals surface area (Å²) in [5, 5.41) is 3.79. The molecule has 0 unspecified atom stereocenters. The molecule has 2 aromatic rings. The largest absolute Gasteiger partial charge is 0.403 e. The lowest BCUT2D eigenvalue weighted by Gasteiger charge is -2.45. The molecule has 0 spiro atoms. The minimum absolute atomic E-state index is 0. The highest BCUT2D eigenvalue weighted by molar-refractivity contribution is 6.69. The SMILES string of the molecule is Cc1cc(C)cc(C(O[Si](C)(C)C)(c2cc(C)cc(C)c2)[C@H]2CCCN2)c1.Cl. The molecular weight excluding hydrogens is 382 g/mol. The van der Waals surface area contributed by atoms with Gasteiger partial charge in [-0.15, -0.1) is 12.4 Å². The maximum atomic E-state index is 7.18. The lowest BCUT2D eigenvalue weighted by Crippen LogP contribution is -2.53. The molecule has 1 fully saturated rings. The van der Waals surface area contributed by atoms with Crippen LogP contribution in [0, 0.1) is 27.7 Å². The first kappa shape index (κ1) is 23.1. The van der Waals surface area contributed by atoms with E-state index in [1.807, 2.05) is 0 Å². The molecule has 3 rings (SSSR count). The number of hydrogen-bond acceptors (Lipinski definition) is 2. The highest BCUT2D eigenvalue weighted by Gasteiger charge is 2.47.